The molecule has 3 rings (SSSR count). The predicted octanol–water partition coefficient (Wildman–Crippen LogP) is 5.34. The van der Waals surface area contributed by atoms with Crippen molar-refractivity contribution in [1.29, 1.82) is 0 Å². The van der Waals surface area contributed by atoms with Gasteiger partial charge in [-0.2, -0.15) is 0 Å². The molecule has 2 nitrogen and oxygen atoms in total. The van der Waals surface area contributed by atoms with Crippen LogP contribution in [0.5, 0.6) is 0 Å². The molecule has 21 heavy (non-hydrogen) atoms. The third-order valence-corrected chi connectivity index (χ3v) is 5.95. The van der Waals surface area contributed by atoms with Gasteiger partial charge in [-0.05, 0) is 61.9 Å². The number of nitrogens with one attached hydrogen (secondary N) is 1. The largest absolute Gasteiger partial charge is 0.322 e. The van der Waals surface area contributed by atoms with Crippen LogP contribution in [0.15, 0.2) is 28.1 Å². The van der Waals surface area contributed by atoms with Gasteiger partial charge in [-0.15, -0.1) is 11.3 Å². The molecule has 0 saturated heterocycles. The van der Waals surface area contributed by atoms with E-state index in [0.717, 1.165) is 34.1 Å². The van der Waals surface area contributed by atoms with Gasteiger partial charge < -0.3 is 5.32 Å². The molecule has 0 fully saturated rings. The normalized spacial score (nSPS) is 14.4. The lowest BCUT2D eigenvalue weighted by Gasteiger charge is -2.08. The minimum atomic E-state index is 0.0242. The standard InChI is InChI=1S/C17H18BrNOS/c1-11-9-12(7-8-15(11)18)19-17(20)14-10-21-16-6-4-2-3-5-13(14)16/h7-10H,2-6H2,1H3,(H,19,20). The molecule has 0 bridgehead atoms. The second kappa shape index (κ2) is 6.32. The molecule has 0 radical (unpaired) electrons. The Morgan fingerprint density at radius 2 is 2.05 bits per heavy atom. The highest BCUT2D eigenvalue weighted by atomic mass is 79.9. The number of amides is 1. The first kappa shape index (κ1) is 14.8. The zero-order valence-electron chi connectivity index (χ0n) is 12.0. The molecule has 0 aliphatic heterocycles. The van der Waals surface area contributed by atoms with Crippen LogP contribution < -0.4 is 5.32 Å². The molecule has 0 atom stereocenters. The maximum absolute atomic E-state index is 12.5. The summed E-state index contributed by atoms with van der Waals surface area (Å²) in [6.07, 6.45) is 5.89. The van der Waals surface area contributed by atoms with Crippen molar-refractivity contribution in [3.63, 3.8) is 0 Å². The Balaban J connectivity index is 1.82. The van der Waals surface area contributed by atoms with Crippen molar-refractivity contribution < 1.29 is 4.79 Å². The van der Waals surface area contributed by atoms with Crippen molar-refractivity contribution in [3.8, 4) is 0 Å². The molecular formula is C17H18BrNOS. The molecule has 1 aromatic carbocycles. The van der Waals surface area contributed by atoms with E-state index in [2.05, 4.69) is 21.2 Å². The topological polar surface area (TPSA) is 29.1 Å². The first-order valence-corrected chi connectivity index (χ1v) is 8.99. The smallest absolute Gasteiger partial charge is 0.256 e. The highest BCUT2D eigenvalue weighted by Crippen LogP contribution is 2.30. The predicted molar refractivity (Wildman–Crippen MR) is 92.4 cm³/mol. The molecule has 1 aromatic heterocycles. The SMILES string of the molecule is Cc1cc(NC(=O)c2csc3c2CCCCC3)ccc1Br. The second-order valence-corrected chi connectivity index (χ2v) is 7.35. The zero-order chi connectivity index (χ0) is 14.8. The molecule has 0 unspecified atom stereocenters. The number of carbonyl (C=O) groups is 1. The number of benzene rings is 1. The van der Waals surface area contributed by atoms with Crippen molar-refractivity contribution in [2.24, 2.45) is 0 Å². The molecule has 1 N–H and O–H groups in total. The highest BCUT2D eigenvalue weighted by Gasteiger charge is 2.19. The van der Waals surface area contributed by atoms with Crippen LogP contribution in [0.1, 0.15) is 45.6 Å². The molecular weight excluding hydrogens is 346 g/mol. The number of rotatable bonds is 2. The van der Waals surface area contributed by atoms with E-state index in [0.29, 0.717) is 0 Å². The Hall–Kier alpha value is -1.13. The second-order valence-electron chi connectivity index (χ2n) is 5.53. The molecule has 1 aliphatic carbocycles. The van der Waals surface area contributed by atoms with Gasteiger partial charge in [-0.1, -0.05) is 22.4 Å². The van der Waals surface area contributed by atoms with Gasteiger partial charge in [0.05, 0.1) is 5.56 Å². The summed E-state index contributed by atoms with van der Waals surface area (Å²) in [6.45, 7) is 2.02. The van der Waals surface area contributed by atoms with Crippen LogP contribution >= 0.6 is 27.3 Å². The summed E-state index contributed by atoms with van der Waals surface area (Å²) >= 11 is 5.22. The lowest BCUT2D eigenvalue weighted by atomic mass is 10.1. The third kappa shape index (κ3) is 3.22. The van der Waals surface area contributed by atoms with Crippen molar-refractivity contribution in [2.45, 2.75) is 39.0 Å². The number of hydrogen-bond donors (Lipinski definition) is 1. The van der Waals surface area contributed by atoms with Crippen molar-refractivity contribution in [1.82, 2.24) is 0 Å². The summed E-state index contributed by atoms with van der Waals surface area (Å²) in [5.41, 5.74) is 4.13. The van der Waals surface area contributed by atoms with Gasteiger partial charge in [0, 0.05) is 20.4 Å². The van der Waals surface area contributed by atoms with Crippen LogP contribution in [0, 0.1) is 6.92 Å². The van der Waals surface area contributed by atoms with Crippen molar-refractivity contribution in [3.05, 3.63) is 49.6 Å². The summed E-state index contributed by atoms with van der Waals surface area (Å²) in [6, 6.07) is 5.89. The Morgan fingerprint density at radius 3 is 2.86 bits per heavy atom. The minimum absolute atomic E-state index is 0.0242. The number of thiophene rings is 1. The summed E-state index contributed by atoms with van der Waals surface area (Å²) in [5, 5.41) is 5.05. The van der Waals surface area contributed by atoms with Gasteiger partial charge in [-0.25, -0.2) is 0 Å². The first-order chi connectivity index (χ1) is 10.1. The number of hydrogen-bond acceptors (Lipinski definition) is 2. The van der Waals surface area contributed by atoms with Crippen LogP contribution in [-0.4, -0.2) is 5.91 Å². The number of anilines is 1. The van der Waals surface area contributed by atoms with E-state index in [9.17, 15) is 4.79 Å². The van der Waals surface area contributed by atoms with E-state index in [4.69, 9.17) is 0 Å². The molecule has 2 aromatic rings. The molecule has 110 valence electrons. The maximum atomic E-state index is 12.5. The van der Waals surface area contributed by atoms with Crippen LogP contribution in [0.4, 0.5) is 5.69 Å². The van der Waals surface area contributed by atoms with E-state index in [1.807, 2.05) is 30.5 Å². The first-order valence-electron chi connectivity index (χ1n) is 7.32. The van der Waals surface area contributed by atoms with Crippen molar-refractivity contribution >= 4 is 38.9 Å². The quantitative estimate of drug-likeness (QED) is 0.716. The number of halogens is 1. The monoisotopic (exact) mass is 363 g/mol. The number of aryl methyl sites for hydroxylation is 2. The molecule has 1 amide bonds. The van der Waals surface area contributed by atoms with E-state index in [1.165, 1.54) is 29.7 Å². The maximum Gasteiger partial charge on any atom is 0.256 e. The van der Waals surface area contributed by atoms with E-state index in [1.54, 1.807) is 11.3 Å². The Morgan fingerprint density at radius 1 is 1.24 bits per heavy atom. The Bertz CT molecular complexity index is 677. The van der Waals surface area contributed by atoms with Gasteiger partial charge >= 0.3 is 0 Å². The fraction of sp³-hybridized carbons (Fsp3) is 0.353. The van der Waals surface area contributed by atoms with Crippen LogP contribution in [-0.2, 0) is 12.8 Å². The number of carbonyl (C=O) groups excluding carboxylic acids is 1. The minimum Gasteiger partial charge on any atom is -0.322 e. The summed E-state index contributed by atoms with van der Waals surface area (Å²) in [5.74, 6) is 0.0242. The molecule has 1 aliphatic rings. The van der Waals surface area contributed by atoms with Gasteiger partial charge in [0.15, 0.2) is 0 Å². The van der Waals surface area contributed by atoms with Gasteiger partial charge in [0.25, 0.3) is 5.91 Å². The fourth-order valence-electron chi connectivity index (χ4n) is 2.78. The third-order valence-electron chi connectivity index (χ3n) is 3.97. The molecule has 1 heterocycles. The summed E-state index contributed by atoms with van der Waals surface area (Å²) < 4.78 is 1.06. The fourth-order valence-corrected chi connectivity index (χ4v) is 4.15. The van der Waals surface area contributed by atoms with Crippen LogP contribution in [0.3, 0.4) is 0 Å². The summed E-state index contributed by atoms with van der Waals surface area (Å²) in [7, 11) is 0. The van der Waals surface area contributed by atoms with Crippen LogP contribution in [0.25, 0.3) is 0 Å². The average Bonchev–Trinajstić information content (AvgIpc) is 2.72. The lowest BCUT2D eigenvalue weighted by molar-refractivity contribution is 0.102. The van der Waals surface area contributed by atoms with Gasteiger partial charge in [0.1, 0.15) is 0 Å². The number of fused-ring (bicyclic) bond motifs is 1. The average molecular weight is 364 g/mol. The molecule has 4 heteroatoms. The molecule has 0 saturated carbocycles. The van der Waals surface area contributed by atoms with E-state index in [-0.39, 0.29) is 5.91 Å². The van der Waals surface area contributed by atoms with Gasteiger partial charge in [0.2, 0.25) is 0 Å². The molecule has 0 spiro atoms. The lowest BCUT2D eigenvalue weighted by Crippen LogP contribution is -2.13. The van der Waals surface area contributed by atoms with Gasteiger partial charge in [-0.3, -0.25) is 4.79 Å². The van der Waals surface area contributed by atoms with E-state index < -0.39 is 0 Å². The zero-order valence-corrected chi connectivity index (χ0v) is 14.4. The Kier molecular flexibility index (Phi) is 4.45. The van der Waals surface area contributed by atoms with Crippen molar-refractivity contribution in [2.75, 3.05) is 5.32 Å². The van der Waals surface area contributed by atoms with E-state index >= 15 is 0 Å². The van der Waals surface area contributed by atoms with Crippen LogP contribution in [0.2, 0.25) is 0 Å². The Labute approximate surface area is 137 Å². The highest BCUT2D eigenvalue weighted by molar-refractivity contribution is 9.10. The summed E-state index contributed by atoms with van der Waals surface area (Å²) in [4.78, 5) is 13.9.